The highest BCUT2D eigenvalue weighted by molar-refractivity contribution is 5.91. The number of carbonyl (C=O) groups excluding carboxylic acids is 1. The third kappa shape index (κ3) is 3.40. The van der Waals surface area contributed by atoms with E-state index in [1.54, 1.807) is 31.2 Å². The lowest BCUT2D eigenvalue weighted by atomic mass is 10.1. The Morgan fingerprint density at radius 2 is 2.00 bits per heavy atom. The van der Waals surface area contributed by atoms with E-state index in [-0.39, 0.29) is 17.1 Å². The molecule has 0 unspecified atom stereocenters. The number of rotatable bonds is 5. The number of anilines is 1. The molecule has 0 radical (unpaired) electrons. The molecular weight excluding hydrogens is 362 g/mol. The number of esters is 1. The van der Waals surface area contributed by atoms with Crippen LogP contribution in [0.5, 0.6) is 0 Å². The van der Waals surface area contributed by atoms with Crippen LogP contribution in [0.2, 0.25) is 0 Å². The molecule has 0 N–H and O–H groups in total. The number of carbonyl (C=O) groups is 1. The van der Waals surface area contributed by atoms with Crippen molar-refractivity contribution in [2.45, 2.75) is 25.9 Å². The Labute approximate surface area is 160 Å². The van der Waals surface area contributed by atoms with Crippen molar-refractivity contribution in [1.82, 2.24) is 4.98 Å². The van der Waals surface area contributed by atoms with Crippen LogP contribution >= 0.6 is 0 Å². The number of nitrogens with zero attached hydrogens (tertiary/aromatic N) is 3. The van der Waals surface area contributed by atoms with Crippen LogP contribution in [-0.2, 0) is 4.74 Å². The number of fused-ring (bicyclic) bond motifs is 1. The molecule has 8 heteroatoms. The summed E-state index contributed by atoms with van der Waals surface area (Å²) in [4.78, 5) is 29.8. The predicted molar refractivity (Wildman–Crippen MR) is 102 cm³/mol. The van der Waals surface area contributed by atoms with Gasteiger partial charge in [0.05, 0.1) is 10.5 Å². The van der Waals surface area contributed by atoms with Crippen molar-refractivity contribution in [1.29, 1.82) is 0 Å². The molecule has 1 fully saturated rings. The van der Waals surface area contributed by atoms with Gasteiger partial charge in [0, 0.05) is 19.2 Å². The summed E-state index contributed by atoms with van der Waals surface area (Å²) < 4.78 is 11.0. The molecule has 1 saturated heterocycles. The van der Waals surface area contributed by atoms with Crippen LogP contribution < -0.4 is 4.90 Å². The minimum Gasteiger partial charge on any atom is -0.449 e. The van der Waals surface area contributed by atoms with Crippen LogP contribution in [0.25, 0.3) is 11.1 Å². The van der Waals surface area contributed by atoms with Gasteiger partial charge in [-0.3, -0.25) is 10.1 Å². The Bertz CT molecular complexity index is 1010. The van der Waals surface area contributed by atoms with Crippen LogP contribution in [-0.4, -0.2) is 29.0 Å². The van der Waals surface area contributed by atoms with Gasteiger partial charge in [-0.1, -0.05) is 12.1 Å². The molecule has 28 heavy (non-hydrogen) atoms. The molecule has 0 spiro atoms. The molecule has 1 atom stereocenters. The lowest BCUT2D eigenvalue weighted by Gasteiger charge is -2.18. The molecule has 0 bridgehead atoms. The van der Waals surface area contributed by atoms with Gasteiger partial charge in [-0.15, -0.1) is 0 Å². The van der Waals surface area contributed by atoms with Crippen molar-refractivity contribution in [3.8, 4) is 0 Å². The van der Waals surface area contributed by atoms with Crippen LogP contribution in [0.1, 0.15) is 42.1 Å². The highest BCUT2D eigenvalue weighted by Crippen LogP contribution is 2.32. The van der Waals surface area contributed by atoms with E-state index in [9.17, 15) is 14.9 Å². The second-order valence-electron chi connectivity index (χ2n) is 6.72. The zero-order chi connectivity index (χ0) is 19.7. The molecule has 4 rings (SSSR count). The highest BCUT2D eigenvalue weighted by atomic mass is 16.6. The fraction of sp³-hybridized carbons (Fsp3) is 0.300. The van der Waals surface area contributed by atoms with E-state index in [1.165, 1.54) is 6.07 Å². The first-order valence-electron chi connectivity index (χ1n) is 9.13. The summed E-state index contributed by atoms with van der Waals surface area (Å²) in [6, 6.07) is 11.7. The maximum Gasteiger partial charge on any atom is 0.339 e. The second-order valence-corrected chi connectivity index (χ2v) is 6.72. The minimum absolute atomic E-state index is 0.0918. The monoisotopic (exact) mass is 381 g/mol. The lowest BCUT2D eigenvalue weighted by Crippen LogP contribution is -2.19. The summed E-state index contributed by atoms with van der Waals surface area (Å²) in [5.41, 5.74) is 1.84. The number of para-hydroxylation sites is 2. The summed E-state index contributed by atoms with van der Waals surface area (Å²) in [7, 11) is 0. The van der Waals surface area contributed by atoms with E-state index in [1.807, 2.05) is 17.0 Å². The summed E-state index contributed by atoms with van der Waals surface area (Å²) in [5, 5.41) is 11.5. The number of nitro groups is 1. The van der Waals surface area contributed by atoms with E-state index < -0.39 is 17.0 Å². The number of benzene rings is 2. The first-order valence-corrected chi connectivity index (χ1v) is 9.13. The van der Waals surface area contributed by atoms with Gasteiger partial charge >= 0.3 is 5.97 Å². The van der Waals surface area contributed by atoms with E-state index in [4.69, 9.17) is 9.15 Å². The fourth-order valence-corrected chi connectivity index (χ4v) is 3.37. The maximum absolute atomic E-state index is 12.5. The molecule has 144 valence electrons. The Morgan fingerprint density at radius 1 is 1.25 bits per heavy atom. The van der Waals surface area contributed by atoms with Crippen LogP contribution in [0, 0.1) is 10.1 Å². The van der Waals surface area contributed by atoms with Gasteiger partial charge in [-0.05, 0) is 44.0 Å². The van der Waals surface area contributed by atoms with Gasteiger partial charge in [0.25, 0.3) is 5.69 Å². The second kappa shape index (κ2) is 7.30. The first kappa shape index (κ1) is 18.0. The number of aromatic nitrogens is 1. The molecule has 0 aliphatic carbocycles. The number of hydrogen-bond donors (Lipinski definition) is 0. The third-order valence-electron chi connectivity index (χ3n) is 4.80. The molecule has 1 aliphatic rings. The van der Waals surface area contributed by atoms with Gasteiger partial charge in [0.1, 0.15) is 11.2 Å². The molecule has 2 aromatic carbocycles. The van der Waals surface area contributed by atoms with Crippen molar-refractivity contribution in [3.05, 3.63) is 64.0 Å². The largest absolute Gasteiger partial charge is 0.449 e. The molecule has 8 nitrogen and oxygen atoms in total. The summed E-state index contributed by atoms with van der Waals surface area (Å²) in [5.74, 6) is -0.386. The Hall–Kier alpha value is -3.42. The van der Waals surface area contributed by atoms with Gasteiger partial charge in [-0.2, -0.15) is 0 Å². The first-order chi connectivity index (χ1) is 13.5. The molecule has 3 aromatic rings. The highest BCUT2D eigenvalue weighted by Gasteiger charge is 2.25. The SMILES string of the molecule is C[C@H](OC(=O)c1ccc(N2CCCC2)c([N+](=O)[O-])c1)c1nc2ccccc2o1. The van der Waals surface area contributed by atoms with Gasteiger partial charge in [0.2, 0.25) is 5.89 Å². The molecule has 0 saturated carbocycles. The van der Waals surface area contributed by atoms with E-state index in [2.05, 4.69) is 4.98 Å². The number of oxazole rings is 1. The quantitative estimate of drug-likeness (QED) is 0.370. The number of nitro benzene ring substituents is 1. The molecular formula is C20H19N3O5. The Kier molecular flexibility index (Phi) is 4.68. The molecule has 2 heterocycles. The van der Waals surface area contributed by atoms with Crippen molar-refractivity contribution in [3.63, 3.8) is 0 Å². The minimum atomic E-state index is -0.725. The smallest absolute Gasteiger partial charge is 0.339 e. The number of hydrogen-bond acceptors (Lipinski definition) is 7. The van der Waals surface area contributed by atoms with Gasteiger partial charge in [0.15, 0.2) is 11.7 Å². The normalized spacial score (nSPS) is 15.0. The third-order valence-corrected chi connectivity index (χ3v) is 4.80. The summed E-state index contributed by atoms with van der Waals surface area (Å²) in [6.07, 6.45) is 1.28. The summed E-state index contributed by atoms with van der Waals surface area (Å²) >= 11 is 0. The fourth-order valence-electron chi connectivity index (χ4n) is 3.37. The molecule has 1 aliphatic heterocycles. The maximum atomic E-state index is 12.5. The average molecular weight is 381 g/mol. The zero-order valence-corrected chi connectivity index (χ0v) is 15.3. The summed E-state index contributed by atoms with van der Waals surface area (Å²) in [6.45, 7) is 3.20. The van der Waals surface area contributed by atoms with E-state index in [0.29, 0.717) is 16.8 Å². The predicted octanol–water partition coefficient (Wildman–Crippen LogP) is 4.25. The van der Waals surface area contributed by atoms with Crippen molar-refractivity contribution in [2.24, 2.45) is 0 Å². The van der Waals surface area contributed by atoms with Crippen molar-refractivity contribution >= 4 is 28.4 Å². The van der Waals surface area contributed by atoms with Gasteiger partial charge < -0.3 is 14.1 Å². The average Bonchev–Trinajstić information content (AvgIpc) is 3.37. The van der Waals surface area contributed by atoms with Crippen molar-refractivity contribution < 1.29 is 18.9 Å². The number of ether oxygens (including phenoxy) is 1. The van der Waals surface area contributed by atoms with Crippen LogP contribution in [0.15, 0.2) is 46.9 Å². The van der Waals surface area contributed by atoms with E-state index >= 15 is 0 Å². The lowest BCUT2D eigenvalue weighted by molar-refractivity contribution is -0.384. The Balaban J connectivity index is 1.55. The standard InChI is InChI=1S/C20H19N3O5/c1-13(19-21-15-6-2-3-7-18(15)28-19)27-20(24)14-8-9-16(17(12-14)23(25)26)22-10-4-5-11-22/h2-3,6-9,12-13H,4-5,10-11H2,1H3/t13-/m0/s1. The Morgan fingerprint density at radius 3 is 2.71 bits per heavy atom. The van der Waals surface area contributed by atoms with Gasteiger partial charge in [-0.25, -0.2) is 9.78 Å². The van der Waals surface area contributed by atoms with Crippen LogP contribution in [0.4, 0.5) is 11.4 Å². The molecule has 1 aromatic heterocycles. The molecule has 0 amide bonds. The topological polar surface area (TPSA) is 98.7 Å². The zero-order valence-electron chi connectivity index (χ0n) is 15.3. The van der Waals surface area contributed by atoms with Crippen LogP contribution in [0.3, 0.4) is 0 Å². The van der Waals surface area contributed by atoms with E-state index in [0.717, 1.165) is 25.9 Å². The van der Waals surface area contributed by atoms with Crippen molar-refractivity contribution in [2.75, 3.05) is 18.0 Å².